The Morgan fingerprint density at radius 2 is 2.00 bits per heavy atom. The number of ether oxygens (including phenoxy) is 1. The van der Waals surface area contributed by atoms with Crippen LogP contribution in [0, 0.1) is 0 Å². The molecular weight excluding hydrogens is 224 g/mol. The fraction of sp³-hybridized carbons (Fsp3) is 0.818. The van der Waals surface area contributed by atoms with Crippen LogP contribution in [0.4, 0.5) is 4.79 Å². The zero-order valence-electron chi connectivity index (χ0n) is 10.5. The molecule has 0 bridgehead atoms. The molecule has 2 unspecified atom stereocenters. The topological polar surface area (TPSA) is 92.9 Å². The largest absolute Gasteiger partial charge is 0.444 e. The quantitative estimate of drug-likeness (QED) is 0.690. The van der Waals surface area contributed by atoms with E-state index in [0.29, 0.717) is 19.4 Å². The van der Waals surface area contributed by atoms with Gasteiger partial charge in [0.15, 0.2) is 0 Å². The van der Waals surface area contributed by atoms with Crippen LogP contribution < -0.4 is 5.73 Å². The summed E-state index contributed by atoms with van der Waals surface area (Å²) >= 11 is 0. The van der Waals surface area contributed by atoms with Gasteiger partial charge in [-0.25, -0.2) is 4.79 Å². The molecule has 0 aliphatic carbocycles. The molecule has 1 saturated heterocycles. The van der Waals surface area contributed by atoms with Gasteiger partial charge in [-0.1, -0.05) is 0 Å². The summed E-state index contributed by atoms with van der Waals surface area (Å²) in [5.74, 6) is -0.706. The van der Waals surface area contributed by atoms with Crippen molar-refractivity contribution < 1.29 is 19.4 Å². The number of likely N-dealkylation sites (tertiary alicyclic amines) is 1. The average molecular weight is 244 g/mol. The van der Waals surface area contributed by atoms with Gasteiger partial charge in [0, 0.05) is 6.54 Å². The van der Waals surface area contributed by atoms with Crippen molar-refractivity contribution in [2.24, 2.45) is 5.73 Å². The number of hydrogen-bond acceptors (Lipinski definition) is 4. The number of nitrogens with zero attached hydrogens (tertiary/aromatic N) is 1. The van der Waals surface area contributed by atoms with E-state index < -0.39 is 29.7 Å². The average Bonchev–Trinajstić information content (AvgIpc) is 2.13. The van der Waals surface area contributed by atoms with E-state index in [9.17, 15) is 14.7 Å². The van der Waals surface area contributed by atoms with Crippen LogP contribution in [0.3, 0.4) is 0 Å². The number of amides is 2. The number of primary amides is 1. The number of hydrogen-bond donors (Lipinski definition) is 2. The third kappa shape index (κ3) is 3.59. The Kier molecular flexibility index (Phi) is 3.98. The van der Waals surface area contributed by atoms with Crippen molar-refractivity contribution in [1.82, 2.24) is 4.90 Å². The summed E-state index contributed by atoms with van der Waals surface area (Å²) in [4.78, 5) is 24.3. The molecule has 0 aromatic heterocycles. The summed E-state index contributed by atoms with van der Waals surface area (Å²) in [5, 5.41) is 9.71. The third-order valence-electron chi connectivity index (χ3n) is 2.52. The monoisotopic (exact) mass is 244 g/mol. The van der Waals surface area contributed by atoms with E-state index in [2.05, 4.69) is 0 Å². The lowest BCUT2D eigenvalue weighted by Crippen LogP contribution is -2.57. The van der Waals surface area contributed by atoms with Gasteiger partial charge in [0.25, 0.3) is 0 Å². The molecule has 0 radical (unpaired) electrons. The first-order chi connectivity index (χ1) is 7.72. The Bertz CT molecular complexity index is 311. The fourth-order valence-electron chi connectivity index (χ4n) is 1.84. The number of carbonyl (C=O) groups excluding carboxylic acids is 2. The van der Waals surface area contributed by atoms with Crippen molar-refractivity contribution in [3.8, 4) is 0 Å². The molecule has 1 aliphatic rings. The number of rotatable bonds is 1. The van der Waals surface area contributed by atoms with Gasteiger partial charge in [-0.2, -0.15) is 0 Å². The van der Waals surface area contributed by atoms with E-state index in [4.69, 9.17) is 10.5 Å². The SMILES string of the molecule is CC(C)(C)OC(=O)N1CCCC(O)C1C(N)=O. The zero-order chi connectivity index (χ0) is 13.2. The second-order valence-corrected chi connectivity index (χ2v) is 5.23. The highest BCUT2D eigenvalue weighted by Gasteiger charge is 2.39. The molecule has 17 heavy (non-hydrogen) atoms. The molecule has 6 heteroatoms. The van der Waals surface area contributed by atoms with Crippen LogP contribution in [0.5, 0.6) is 0 Å². The Balaban J connectivity index is 2.79. The number of piperidine rings is 1. The van der Waals surface area contributed by atoms with Gasteiger partial charge >= 0.3 is 6.09 Å². The van der Waals surface area contributed by atoms with Gasteiger partial charge in [-0.05, 0) is 33.6 Å². The smallest absolute Gasteiger partial charge is 0.411 e. The molecule has 2 amide bonds. The van der Waals surface area contributed by atoms with Crippen LogP contribution in [-0.4, -0.2) is 46.3 Å². The molecule has 1 aliphatic heterocycles. The molecule has 0 spiro atoms. The van der Waals surface area contributed by atoms with E-state index in [1.807, 2.05) is 0 Å². The maximum absolute atomic E-state index is 11.9. The lowest BCUT2D eigenvalue weighted by molar-refractivity contribution is -0.129. The minimum absolute atomic E-state index is 0.375. The number of nitrogens with two attached hydrogens (primary N) is 1. The number of aliphatic hydroxyl groups is 1. The Hall–Kier alpha value is -1.30. The van der Waals surface area contributed by atoms with Crippen molar-refractivity contribution in [3.05, 3.63) is 0 Å². The zero-order valence-corrected chi connectivity index (χ0v) is 10.5. The first kappa shape index (κ1) is 13.8. The van der Waals surface area contributed by atoms with E-state index in [0.717, 1.165) is 0 Å². The molecule has 1 rings (SSSR count). The molecule has 98 valence electrons. The van der Waals surface area contributed by atoms with Crippen LogP contribution >= 0.6 is 0 Å². The van der Waals surface area contributed by atoms with Crippen molar-refractivity contribution in [2.75, 3.05) is 6.54 Å². The number of carbonyl (C=O) groups is 2. The summed E-state index contributed by atoms with van der Waals surface area (Å²) in [6.07, 6.45) is -0.425. The molecule has 1 fully saturated rings. The summed E-state index contributed by atoms with van der Waals surface area (Å²) in [7, 11) is 0. The second-order valence-electron chi connectivity index (χ2n) is 5.23. The molecule has 0 aromatic rings. The molecule has 2 atom stereocenters. The van der Waals surface area contributed by atoms with Crippen LogP contribution in [-0.2, 0) is 9.53 Å². The standard InChI is InChI=1S/C11H20N2O4/c1-11(2,3)17-10(16)13-6-4-5-7(14)8(13)9(12)15/h7-8,14H,4-6H2,1-3H3,(H2,12,15). The van der Waals surface area contributed by atoms with Gasteiger partial charge in [-0.15, -0.1) is 0 Å². The first-order valence-electron chi connectivity index (χ1n) is 5.69. The van der Waals surface area contributed by atoms with E-state index in [1.165, 1.54) is 4.90 Å². The van der Waals surface area contributed by atoms with Gasteiger partial charge in [0.1, 0.15) is 11.6 Å². The van der Waals surface area contributed by atoms with Gasteiger partial charge < -0.3 is 15.6 Å². The fourth-order valence-corrected chi connectivity index (χ4v) is 1.84. The second kappa shape index (κ2) is 4.91. The van der Waals surface area contributed by atoms with Crippen molar-refractivity contribution in [1.29, 1.82) is 0 Å². The molecular formula is C11H20N2O4. The van der Waals surface area contributed by atoms with Gasteiger partial charge in [0.2, 0.25) is 5.91 Å². The minimum Gasteiger partial charge on any atom is -0.444 e. The van der Waals surface area contributed by atoms with Crippen molar-refractivity contribution in [2.45, 2.75) is 51.4 Å². The van der Waals surface area contributed by atoms with Crippen LogP contribution in [0.15, 0.2) is 0 Å². The summed E-state index contributed by atoms with van der Waals surface area (Å²) in [6, 6.07) is -0.987. The highest BCUT2D eigenvalue weighted by atomic mass is 16.6. The third-order valence-corrected chi connectivity index (χ3v) is 2.52. The molecule has 6 nitrogen and oxygen atoms in total. The van der Waals surface area contributed by atoms with Crippen molar-refractivity contribution in [3.63, 3.8) is 0 Å². The van der Waals surface area contributed by atoms with Crippen LogP contribution in [0.1, 0.15) is 33.6 Å². The lowest BCUT2D eigenvalue weighted by Gasteiger charge is -2.37. The van der Waals surface area contributed by atoms with Crippen molar-refractivity contribution >= 4 is 12.0 Å². The maximum atomic E-state index is 11.9. The molecule has 0 aromatic carbocycles. The maximum Gasteiger partial charge on any atom is 0.411 e. The predicted octanol–water partition coefficient (Wildman–Crippen LogP) is 0.232. The lowest BCUT2D eigenvalue weighted by atomic mass is 9.99. The minimum atomic E-state index is -0.987. The predicted molar refractivity (Wildman–Crippen MR) is 61.2 cm³/mol. The Morgan fingerprint density at radius 1 is 1.41 bits per heavy atom. The Labute approximate surface area is 101 Å². The Morgan fingerprint density at radius 3 is 2.47 bits per heavy atom. The van der Waals surface area contributed by atoms with Crippen LogP contribution in [0.2, 0.25) is 0 Å². The van der Waals surface area contributed by atoms with Gasteiger partial charge in [-0.3, -0.25) is 9.69 Å². The molecule has 0 saturated carbocycles. The van der Waals surface area contributed by atoms with E-state index >= 15 is 0 Å². The summed E-state index contributed by atoms with van der Waals surface area (Å²) in [5.41, 5.74) is 4.56. The van der Waals surface area contributed by atoms with E-state index in [-0.39, 0.29) is 0 Å². The van der Waals surface area contributed by atoms with Crippen LogP contribution in [0.25, 0.3) is 0 Å². The highest BCUT2D eigenvalue weighted by molar-refractivity contribution is 5.85. The normalized spacial score (nSPS) is 25.5. The highest BCUT2D eigenvalue weighted by Crippen LogP contribution is 2.20. The first-order valence-corrected chi connectivity index (χ1v) is 5.69. The molecule has 1 heterocycles. The number of aliphatic hydroxyl groups excluding tert-OH is 1. The summed E-state index contributed by atoms with van der Waals surface area (Å²) < 4.78 is 5.17. The van der Waals surface area contributed by atoms with E-state index in [1.54, 1.807) is 20.8 Å². The summed E-state index contributed by atoms with van der Waals surface area (Å²) in [6.45, 7) is 5.60. The van der Waals surface area contributed by atoms with Gasteiger partial charge in [0.05, 0.1) is 6.10 Å². The molecule has 3 N–H and O–H groups in total.